The third kappa shape index (κ3) is 2.14. The number of carbonyl (C=O) groups excluding carboxylic acids is 1. The van der Waals surface area contributed by atoms with Gasteiger partial charge in [-0.15, -0.1) is 11.6 Å². The molecule has 0 aliphatic heterocycles. The molecule has 0 fully saturated rings. The third-order valence-electron chi connectivity index (χ3n) is 2.50. The molecule has 1 heterocycles. The Morgan fingerprint density at radius 3 is 2.88 bits per heavy atom. The lowest BCUT2D eigenvalue weighted by molar-refractivity contribution is -0.384. The number of fused-ring (bicyclic) bond motifs is 1. The molecular formula is C11H9ClN2O3. The van der Waals surface area contributed by atoms with Gasteiger partial charge in [-0.2, -0.15) is 0 Å². The lowest BCUT2D eigenvalue weighted by atomic mass is 10.1. The van der Waals surface area contributed by atoms with Gasteiger partial charge < -0.3 is 4.98 Å². The summed E-state index contributed by atoms with van der Waals surface area (Å²) in [4.78, 5) is 24.8. The number of nitro benzene ring substituents is 1. The molecule has 88 valence electrons. The van der Waals surface area contributed by atoms with E-state index in [9.17, 15) is 14.9 Å². The maximum Gasteiger partial charge on any atom is 0.270 e. The molecule has 0 spiro atoms. The summed E-state index contributed by atoms with van der Waals surface area (Å²) in [5.41, 5.74) is 1.12. The molecular weight excluding hydrogens is 244 g/mol. The second-order valence-corrected chi connectivity index (χ2v) is 3.93. The fourth-order valence-corrected chi connectivity index (χ4v) is 1.85. The first-order chi connectivity index (χ1) is 8.13. The van der Waals surface area contributed by atoms with Gasteiger partial charge in [0.15, 0.2) is 5.78 Å². The molecule has 0 amide bonds. The van der Waals surface area contributed by atoms with Crippen LogP contribution in [0.3, 0.4) is 0 Å². The molecule has 6 heteroatoms. The number of non-ortho nitro benzene ring substituents is 1. The third-order valence-corrected chi connectivity index (χ3v) is 2.69. The van der Waals surface area contributed by atoms with Gasteiger partial charge in [0.1, 0.15) is 0 Å². The molecule has 0 bridgehead atoms. The smallest absolute Gasteiger partial charge is 0.270 e. The van der Waals surface area contributed by atoms with Gasteiger partial charge in [-0.3, -0.25) is 14.9 Å². The van der Waals surface area contributed by atoms with E-state index in [-0.39, 0.29) is 23.8 Å². The van der Waals surface area contributed by atoms with E-state index in [2.05, 4.69) is 4.98 Å². The topological polar surface area (TPSA) is 76.0 Å². The fraction of sp³-hybridized carbons (Fsp3) is 0.182. The Bertz CT molecular complexity index is 591. The molecule has 2 rings (SSSR count). The van der Waals surface area contributed by atoms with Gasteiger partial charge >= 0.3 is 0 Å². The average molecular weight is 253 g/mol. The van der Waals surface area contributed by atoms with Gasteiger partial charge in [0.2, 0.25) is 0 Å². The Balaban J connectivity index is 2.54. The highest BCUT2D eigenvalue weighted by Crippen LogP contribution is 2.24. The molecule has 1 aromatic heterocycles. The van der Waals surface area contributed by atoms with Crippen molar-refractivity contribution in [1.82, 2.24) is 4.98 Å². The van der Waals surface area contributed by atoms with Crippen LogP contribution in [-0.4, -0.2) is 21.6 Å². The first-order valence-electron chi connectivity index (χ1n) is 4.98. The van der Waals surface area contributed by atoms with Crippen molar-refractivity contribution in [2.75, 3.05) is 5.88 Å². The SMILES string of the molecule is O=C(CCCl)c1c[nH]c2ccc([N+](=O)[O-])cc12. The summed E-state index contributed by atoms with van der Waals surface area (Å²) in [5.74, 6) is 0.118. The maximum absolute atomic E-state index is 11.7. The fourth-order valence-electron chi connectivity index (χ4n) is 1.67. The lowest BCUT2D eigenvalue weighted by Crippen LogP contribution is -1.98. The molecule has 0 unspecified atom stereocenters. The molecule has 0 saturated carbocycles. The molecule has 0 aliphatic carbocycles. The Morgan fingerprint density at radius 1 is 1.47 bits per heavy atom. The standard InChI is InChI=1S/C11H9ClN2O3/c12-4-3-11(15)9-6-13-10-2-1-7(14(16)17)5-8(9)10/h1-2,5-6,13H,3-4H2. The number of hydrogen-bond donors (Lipinski definition) is 1. The zero-order chi connectivity index (χ0) is 12.4. The number of Topliss-reactive ketones (excluding diaryl/α,β-unsaturated/α-hetero) is 1. The van der Waals surface area contributed by atoms with Gasteiger partial charge in [-0.1, -0.05) is 0 Å². The second-order valence-electron chi connectivity index (χ2n) is 3.55. The van der Waals surface area contributed by atoms with Gasteiger partial charge in [-0.25, -0.2) is 0 Å². The Labute approximate surface area is 102 Å². The summed E-state index contributed by atoms with van der Waals surface area (Å²) >= 11 is 5.51. The highest BCUT2D eigenvalue weighted by atomic mass is 35.5. The minimum atomic E-state index is -0.484. The first kappa shape index (κ1) is 11.6. The Hall–Kier alpha value is -1.88. The number of benzene rings is 1. The Kier molecular flexibility index (Phi) is 3.10. The highest BCUT2D eigenvalue weighted by Gasteiger charge is 2.14. The van der Waals surface area contributed by atoms with Crippen molar-refractivity contribution >= 4 is 34.0 Å². The zero-order valence-electron chi connectivity index (χ0n) is 8.77. The molecule has 17 heavy (non-hydrogen) atoms. The summed E-state index contributed by atoms with van der Waals surface area (Å²) in [6.07, 6.45) is 1.78. The van der Waals surface area contributed by atoms with Gasteiger partial charge in [0, 0.05) is 47.1 Å². The first-order valence-corrected chi connectivity index (χ1v) is 5.51. The number of H-pyrrole nitrogens is 1. The number of hydrogen-bond acceptors (Lipinski definition) is 3. The summed E-state index contributed by atoms with van der Waals surface area (Å²) in [5, 5.41) is 11.2. The number of rotatable bonds is 4. The van der Waals surface area contributed by atoms with Crippen LogP contribution in [-0.2, 0) is 0 Å². The number of nitrogens with zero attached hydrogens (tertiary/aromatic N) is 1. The van der Waals surface area contributed by atoms with Gasteiger partial charge in [0.05, 0.1) is 4.92 Å². The molecule has 0 aliphatic rings. The van der Waals surface area contributed by atoms with E-state index < -0.39 is 4.92 Å². The van der Waals surface area contributed by atoms with E-state index in [0.717, 1.165) is 0 Å². The number of alkyl halides is 1. The van der Waals surface area contributed by atoms with Crippen LogP contribution in [0.2, 0.25) is 0 Å². The van der Waals surface area contributed by atoms with Crippen molar-refractivity contribution in [3.8, 4) is 0 Å². The summed E-state index contributed by atoms with van der Waals surface area (Å²) in [6, 6.07) is 4.38. The van der Waals surface area contributed by atoms with Crippen LogP contribution in [0.4, 0.5) is 5.69 Å². The van der Waals surface area contributed by atoms with Crippen LogP contribution in [0.5, 0.6) is 0 Å². The van der Waals surface area contributed by atoms with E-state index >= 15 is 0 Å². The van der Waals surface area contributed by atoms with E-state index in [1.54, 1.807) is 12.3 Å². The summed E-state index contributed by atoms with van der Waals surface area (Å²) < 4.78 is 0. The molecule has 0 saturated heterocycles. The average Bonchev–Trinajstić information content (AvgIpc) is 2.71. The van der Waals surface area contributed by atoms with Crippen LogP contribution < -0.4 is 0 Å². The molecule has 1 N–H and O–H groups in total. The van der Waals surface area contributed by atoms with Crippen LogP contribution in [0.15, 0.2) is 24.4 Å². The van der Waals surface area contributed by atoms with E-state index in [1.807, 2.05) is 0 Å². The van der Waals surface area contributed by atoms with Gasteiger partial charge in [0.25, 0.3) is 5.69 Å². The summed E-state index contributed by atoms with van der Waals surface area (Å²) in [7, 11) is 0. The van der Waals surface area contributed by atoms with E-state index in [4.69, 9.17) is 11.6 Å². The van der Waals surface area contributed by atoms with Crippen molar-refractivity contribution < 1.29 is 9.72 Å². The minimum Gasteiger partial charge on any atom is -0.360 e. The molecule has 5 nitrogen and oxygen atoms in total. The number of aromatic nitrogens is 1. The number of halogens is 1. The number of nitro groups is 1. The van der Waals surface area contributed by atoms with Gasteiger partial charge in [-0.05, 0) is 6.07 Å². The second kappa shape index (κ2) is 4.55. The van der Waals surface area contributed by atoms with Crippen molar-refractivity contribution in [3.63, 3.8) is 0 Å². The van der Waals surface area contributed by atoms with Crippen LogP contribution in [0, 0.1) is 10.1 Å². The van der Waals surface area contributed by atoms with Crippen LogP contribution >= 0.6 is 11.6 Å². The predicted octanol–water partition coefficient (Wildman–Crippen LogP) is 2.89. The largest absolute Gasteiger partial charge is 0.360 e. The normalized spacial score (nSPS) is 10.6. The van der Waals surface area contributed by atoms with Crippen molar-refractivity contribution in [3.05, 3.63) is 40.1 Å². The zero-order valence-corrected chi connectivity index (χ0v) is 9.53. The number of ketones is 1. The highest BCUT2D eigenvalue weighted by molar-refractivity contribution is 6.20. The minimum absolute atomic E-state index is 0.0305. The molecule has 0 radical (unpaired) electrons. The van der Waals surface area contributed by atoms with Crippen molar-refractivity contribution in [1.29, 1.82) is 0 Å². The number of aromatic amines is 1. The molecule has 1 aromatic carbocycles. The predicted molar refractivity (Wildman–Crippen MR) is 64.6 cm³/mol. The van der Waals surface area contributed by atoms with E-state index in [1.165, 1.54) is 12.1 Å². The number of nitrogens with one attached hydrogen (secondary N) is 1. The quantitative estimate of drug-likeness (QED) is 0.393. The van der Waals surface area contributed by atoms with Crippen LogP contribution in [0.25, 0.3) is 10.9 Å². The van der Waals surface area contributed by atoms with Crippen LogP contribution in [0.1, 0.15) is 16.8 Å². The maximum atomic E-state index is 11.7. The monoisotopic (exact) mass is 252 g/mol. The molecule has 0 atom stereocenters. The summed E-state index contributed by atoms with van der Waals surface area (Å²) in [6.45, 7) is 0. The molecule has 2 aromatic rings. The van der Waals surface area contributed by atoms with E-state index in [0.29, 0.717) is 16.5 Å². The van der Waals surface area contributed by atoms with Crippen molar-refractivity contribution in [2.24, 2.45) is 0 Å². The number of carbonyl (C=O) groups is 1. The Morgan fingerprint density at radius 2 is 2.24 bits per heavy atom. The van der Waals surface area contributed by atoms with Crippen molar-refractivity contribution in [2.45, 2.75) is 6.42 Å². The lowest BCUT2D eigenvalue weighted by Gasteiger charge is -1.96.